The normalized spacial score (nSPS) is 18.7. The number of hydrogen-bond donors (Lipinski definition) is 0. The van der Waals surface area contributed by atoms with E-state index in [1.807, 2.05) is 4.90 Å². The van der Waals surface area contributed by atoms with Gasteiger partial charge in [-0.3, -0.25) is 9.10 Å². The number of amides is 1. The largest absolute Gasteiger partial charge is 0.342 e. The Morgan fingerprint density at radius 2 is 2.00 bits per heavy atom. The van der Waals surface area contributed by atoms with Crippen LogP contribution in [0.4, 0.5) is 5.69 Å². The highest BCUT2D eigenvalue weighted by Crippen LogP contribution is 2.21. The Labute approximate surface area is 143 Å². The molecule has 0 bridgehead atoms. The van der Waals surface area contributed by atoms with Crippen molar-refractivity contribution in [3.05, 3.63) is 29.3 Å². The topological polar surface area (TPSA) is 57.7 Å². The Balaban J connectivity index is 2.04. The van der Waals surface area contributed by atoms with Crippen LogP contribution < -0.4 is 4.31 Å². The van der Waals surface area contributed by atoms with Gasteiger partial charge in [-0.15, -0.1) is 0 Å². The summed E-state index contributed by atoms with van der Waals surface area (Å²) in [7, 11) is -3.45. The molecule has 1 amide bonds. The van der Waals surface area contributed by atoms with E-state index in [0.29, 0.717) is 16.6 Å². The number of carbonyl (C=O) groups excluding carboxylic acids is 1. The lowest BCUT2D eigenvalue weighted by Crippen LogP contribution is -2.41. The summed E-state index contributed by atoms with van der Waals surface area (Å²) >= 11 is 5.84. The Morgan fingerprint density at radius 3 is 2.57 bits per heavy atom. The smallest absolute Gasteiger partial charge is 0.232 e. The molecular weight excluding hydrogens is 336 g/mol. The molecule has 1 atom stereocenters. The molecular formula is C16H23ClN2O3S. The van der Waals surface area contributed by atoms with E-state index in [9.17, 15) is 13.2 Å². The van der Waals surface area contributed by atoms with E-state index in [4.69, 9.17) is 11.6 Å². The molecule has 0 aromatic heterocycles. The van der Waals surface area contributed by atoms with E-state index >= 15 is 0 Å². The van der Waals surface area contributed by atoms with E-state index in [2.05, 4.69) is 6.92 Å². The number of carbonyl (C=O) groups is 1. The average Bonchev–Trinajstić information content (AvgIpc) is 2.47. The molecule has 1 heterocycles. The fourth-order valence-corrected chi connectivity index (χ4v) is 3.92. The van der Waals surface area contributed by atoms with Crippen LogP contribution in [-0.4, -0.2) is 45.1 Å². The third-order valence-corrected chi connectivity index (χ3v) is 5.50. The first-order valence-corrected chi connectivity index (χ1v) is 10.0. The van der Waals surface area contributed by atoms with Crippen molar-refractivity contribution in [2.24, 2.45) is 5.92 Å². The number of rotatable bonds is 5. The minimum Gasteiger partial charge on any atom is -0.342 e. The molecule has 0 radical (unpaired) electrons. The minimum absolute atomic E-state index is 0.0131. The molecule has 23 heavy (non-hydrogen) atoms. The lowest BCUT2D eigenvalue weighted by Gasteiger charge is -2.31. The summed E-state index contributed by atoms with van der Waals surface area (Å²) in [6.45, 7) is 3.81. The lowest BCUT2D eigenvalue weighted by molar-refractivity contribution is -0.132. The molecule has 1 aliphatic rings. The number of halogens is 1. The van der Waals surface area contributed by atoms with Crippen LogP contribution in [0.5, 0.6) is 0 Å². The average molecular weight is 359 g/mol. The second kappa shape index (κ2) is 7.53. The molecule has 7 heteroatoms. The van der Waals surface area contributed by atoms with Crippen LogP contribution >= 0.6 is 11.6 Å². The number of likely N-dealkylation sites (tertiary alicyclic amines) is 1. The van der Waals surface area contributed by atoms with Crippen LogP contribution in [0.1, 0.15) is 26.2 Å². The molecule has 5 nitrogen and oxygen atoms in total. The van der Waals surface area contributed by atoms with E-state index in [-0.39, 0.29) is 18.9 Å². The SMILES string of the molecule is CC1CCCN(C(=O)CCN(c2ccc(Cl)cc2)S(C)(=O)=O)C1. The Kier molecular flexibility index (Phi) is 5.92. The fraction of sp³-hybridized carbons (Fsp3) is 0.562. The second-order valence-electron chi connectivity index (χ2n) is 6.15. The Morgan fingerprint density at radius 1 is 1.35 bits per heavy atom. The number of hydrogen-bond acceptors (Lipinski definition) is 3. The summed E-state index contributed by atoms with van der Waals surface area (Å²) in [5.41, 5.74) is 0.525. The zero-order chi connectivity index (χ0) is 17.0. The third-order valence-electron chi connectivity index (χ3n) is 4.05. The molecule has 1 aromatic carbocycles. The summed E-state index contributed by atoms with van der Waals surface area (Å²) in [5.74, 6) is 0.522. The van der Waals surface area contributed by atoms with Crippen LogP contribution in [0.25, 0.3) is 0 Å². The van der Waals surface area contributed by atoms with Crippen molar-refractivity contribution < 1.29 is 13.2 Å². The van der Waals surface area contributed by atoms with Gasteiger partial charge in [-0.2, -0.15) is 0 Å². The highest BCUT2D eigenvalue weighted by Gasteiger charge is 2.23. The van der Waals surface area contributed by atoms with Gasteiger partial charge in [0.1, 0.15) is 0 Å². The van der Waals surface area contributed by atoms with Gasteiger partial charge in [0.05, 0.1) is 11.9 Å². The highest BCUT2D eigenvalue weighted by molar-refractivity contribution is 7.92. The minimum atomic E-state index is -3.45. The molecule has 1 fully saturated rings. The molecule has 1 aliphatic heterocycles. The number of sulfonamides is 1. The number of benzene rings is 1. The van der Waals surface area contributed by atoms with Gasteiger partial charge in [-0.05, 0) is 43.0 Å². The second-order valence-corrected chi connectivity index (χ2v) is 8.49. The maximum absolute atomic E-state index is 12.3. The zero-order valence-corrected chi connectivity index (χ0v) is 15.1. The summed E-state index contributed by atoms with van der Waals surface area (Å²) in [6.07, 6.45) is 3.49. The van der Waals surface area contributed by atoms with Gasteiger partial charge in [-0.25, -0.2) is 8.42 Å². The summed E-state index contributed by atoms with van der Waals surface area (Å²) in [5, 5.41) is 0.542. The maximum Gasteiger partial charge on any atom is 0.232 e. The summed E-state index contributed by atoms with van der Waals surface area (Å²) in [6, 6.07) is 6.58. The van der Waals surface area contributed by atoms with Crippen molar-refractivity contribution in [1.29, 1.82) is 0 Å². The van der Waals surface area contributed by atoms with Crippen molar-refractivity contribution in [3.63, 3.8) is 0 Å². The molecule has 0 aliphatic carbocycles. The highest BCUT2D eigenvalue weighted by atomic mass is 35.5. The third kappa shape index (κ3) is 5.11. The van der Waals surface area contributed by atoms with Gasteiger partial charge in [0.25, 0.3) is 0 Å². The van der Waals surface area contributed by atoms with Crippen molar-refractivity contribution in [1.82, 2.24) is 4.90 Å². The van der Waals surface area contributed by atoms with Crippen LogP contribution in [0, 0.1) is 5.92 Å². The van der Waals surface area contributed by atoms with Crippen LogP contribution in [0.3, 0.4) is 0 Å². The molecule has 1 aromatic rings. The number of nitrogens with zero attached hydrogens (tertiary/aromatic N) is 2. The molecule has 2 rings (SSSR count). The van der Waals surface area contributed by atoms with Gasteiger partial charge >= 0.3 is 0 Å². The number of piperidine rings is 1. The van der Waals surface area contributed by atoms with Crippen molar-refractivity contribution in [2.75, 3.05) is 30.2 Å². The molecule has 0 N–H and O–H groups in total. The van der Waals surface area contributed by atoms with Crippen LogP contribution in [0.2, 0.25) is 5.02 Å². The first kappa shape index (κ1) is 18.1. The van der Waals surface area contributed by atoms with E-state index < -0.39 is 10.0 Å². The standard InChI is InChI=1S/C16H23ClN2O3S/c1-13-4-3-10-18(12-13)16(20)9-11-19(23(2,21)22)15-7-5-14(17)6-8-15/h5-8,13H,3-4,9-12H2,1-2H3. The van der Waals surface area contributed by atoms with Gasteiger partial charge in [0.2, 0.25) is 15.9 Å². The predicted molar refractivity (Wildman–Crippen MR) is 93.2 cm³/mol. The van der Waals surface area contributed by atoms with Gasteiger partial charge in [0, 0.05) is 31.1 Å². The van der Waals surface area contributed by atoms with Crippen molar-refractivity contribution in [3.8, 4) is 0 Å². The Hall–Kier alpha value is -1.27. The van der Waals surface area contributed by atoms with Crippen molar-refractivity contribution in [2.45, 2.75) is 26.2 Å². The van der Waals surface area contributed by atoms with E-state index in [1.165, 1.54) is 4.31 Å². The zero-order valence-electron chi connectivity index (χ0n) is 13.5. The molecule has 0 spiro atoms. The van der Waals surface area contributed by atoms with Crippen LogP contribution in [0.15, 0.2) is 24.3 Å². The first-order valence-electron chi connectivity index (χ1n) is 7.78. The van der Waals surface area contributed by atoms with E-state index in [0.717, 1.165) is 32.2 Å². The van der Waals surface area contributed by atoms with E-state index in [1.54, 1.807) is 24.3 Å². The number of anilines is 1. The van der Waals surface area contributed by atoms with Crippen molar-refractivity contribution >= 4 is 33.2 Å². The van der Waals surface area contributed by atoms with Gasteiger partial charge in [0.15, 0.2) is 0 Å². The van der Waals surface area contributed by atoms with Gasteiger partial charge in [-0.1, -0.05) is 18.5 Å². The monoisotopic (exact) mass is 358 g/mol. The lowest BCUT2D eigenvalue weighted by atomic mass is 10.00. The summed E-state index contributed by atoms with van der Waals surface area (Å²) in [4.78, 5) is 14.2. The first-order chi connectivity index (χ1) is 10.8. The molecule has 128 valence electrons. The van der Waals surface area contributed by atoms with Crippen LogP contribution in [-0.2, 0) is 14.8 Å². The molecule has 1 saturated heterocycles. The molecule has 0 saturated carbocycles. The predicted octanol–water partition coefficient (Wildman–Crippen LogP) is 2.75. The Bertz CT molecular complexity index is 646. The quantitative estimate of drug-likeness (QED) is 0.813. The molecule has 1 unspecified atom stereocenters. The fourth-order valence-electron chi connectivity index (χ4n) is 2.86. The summed E-state index contributed by atoms with van der Waals surface area (Å²) < 4.78 is 25.3. The van der Waals surface area contributed by atoms with Gasteiger partial charge < -0.3 is 4.90 Å². The maximum atomic E-state index is 12.3.